The molecule has 2 N–H and O–H groups in total. The second-order valence-electron chi connectivity index (χ2n) is 14.2. The summed E-state index contributed by atoms with van der Waals surface area (Å²) in [6.07, 6.45) is 12.2. The minimum atomic E-state index is -0.126. The molecule has 0 saturated heterocycles. The number of pyridine rings is 1. The van der Waals surface area contributed by atoms with Crippen LogP contribution in [0.25, 0.3) is 17.0 Å². The predicted molar refractivity (Wildman–Crippen MR) is 215 cm³/mol. The molecule has 1 aliphatic rings. The maximum absolute atomic E-state index is 12.7. The van der Waals surface area contributed by atoms with Crippen LogP contribution in [0.3, 0.4) is 0 Å². The zero-order valence-corrected chi connectivity index (χ0v) is 32.6. The summed E-state index contributed by atoms with van der Waals surface area (Å²) in [5, 5.41) is 8.02. The van der Waals surface area contributed by atoms with Gasteiger partial charge in [-0.25, -0.2) is 0 Å². The predicted octanol–water partition coefficient (Wildman–Crippen LogP) is 8.50. The van der Waals surface area contributed by atoms with Gasteiger partial charge in [-0.05, 0) is 115 Å². The first-order chi connectivity index (χ1) is 26.2. The molecule has 0 aliphatic heterocycles. The van der Waals surface area contributed by atoms with E-state index in [9.17, 15) is 4.79 Å². The Morgan fingerprint density at radius 3 is 2.04 bits per heavy atom. The topological polar surface area (TPSA) is 124 Å². The number of para-hydroxylation sites is 1. The minimum Gasteiger partial charge on any atom is -0.483 e. The molecular weight excluding hydrogens is 675 g/mol. The number of hydrogen-bond donors (Lipinski definition) is 2. The number of unbranched alkanes of at least 4 members (excludes halogenated alkanes) is 3. The van der Waals surface area contributed by atoms with Gasteiger partial charge in [-0.2, -0.15) is 0 Å². The lowest BCUT2D eigenvalue weighted by Crippen LogP contribution is -2.22. The molecule has 5 aromatic rings. The fraction of sp³-hybridized carbons (Fsp3) is 0.409. The minimum absolute atomic E-state index is 0.126. The van der Waals surface area contributed by atoms with E-state index >= 15 is 0 Å². The van der Waals surface area contributed by atoms with Crippen molar-refractivity contribution in [3.63, 3.8) is 0 Å². The van der Waals surface area contributed by atoms with Crippen LogP contribution in [-0.4, -0.2) is 43.9 Å². The number of ether oxygens (including phenoxy) is 2. The average Bonchev–Trinajstić information content (AvgIpc) is 3.16. The number of carbonyl (C=O) groups is 1. The number of hydrogen-bond acceptors (Lipinski definition) is 9. The van der Waals surface area contributed by atoms with E-state index in [1.807, 2.05) is 59.7 Å². The molecule has 54 heavy (non-hydrogen) atoms. The summed E-state index contributed by atoms with van der Waals surface area (Å²) < 4.78 is 12.5. The monoisotopic (exact) mass is 727 g/mol. The van der Waals surface area contributed by atoms with Gasteiger partial charge in [0, 0.05) is 35.9 Å². The summed E-state index contributed by atoms with van der Waals surface area (Å²) in [5.74, 6) is 0.978. The van der Waals surface area contributed by atoms with Gasteiger partial charge < -0.3 is 20.1 Å². The molecule has 1 aliphatic carbocycles. The Kier molecular flexibility index (Phi) is 12.9. The van der Waals surface area contributed by atoms with Gasteiger partial charge >= 0.3 is 0 Å². The number of amides is 1. The van der Waals surface area contributed by atoms with Crippen LogP contribution >= 0.6 is 0 Å². The summed E-state index contributed by atoms with van der Waals surface area (Å²) in [4.78, 5) is 36.3. The van der Waals surface area contributed by atoms with Crippen LogP contribution in [-0.2, 0) is 30.8 Å². The summed E-state index contributed by atoms with van der Waals surface area (Å²) in [7, 11) is 0. The average molecular weight is 728 g/mol. The van der Waals surface area contributed by atoms with Gasteiger partial charge in [-0.15, -0.1) is 0 Å². The van der Waals surface area contributed by atoms with E-state index in [-0.39, 0.29) is 19.1 Å². The third-order valence-electron chi connectivity index (χ3n) is 10.2. The maximum Gasteiger partial charge on any atom is 0.243 e. The highest BCUT2D eigenvalue weighted by molar-refractivity contribution is 5.93. The van der Waals surface area contributed by atoms with E-state index in [4.69, 9.17) is 19.4 Å². The van der Waals surface area contributed by atoms with Gasteiger partial charge in [0.05, 0.1) is 51.1 Å². The Bertz CT molecular complexity index is 2150. The van der Waals surface area contributed by atoms with Crippen molar-refractivity contribution in [2.24, 2.45) is 0 Å². The lowest BCUT2D eigenvalue weighted by Gasteiger charge is -2.21. The molecule has 10 nitrogen and oxygen atoms in total. The molecule has 0 atom stereocenters. The molecule has 0 saturated carbocycles. The molecule has 0 radical (unpaired) electrons. The quantitative estimate of drug-likeness (QED) is 0.0761. The lowest BCUT2D eigenvalue weighted by molar-refractivity contribution is -0.116. The fourth-order valence-corrected chi connectivity index (χ4v) is 6.78. The second kappa shape index (κ2) is 18.1. The number of nitrogens with zero attached hydrogens (tertiary/aromatic N) is 5. The fourth-order valence-electron chi connectivity index (χ4n) is 6.78. The number of aryl methyl sites for hydroxylation is 7. The SMILES string of the molecule is Cc1nc(C)c(COc2ccc(/C=C/C(=O)NCCCCCCNc3c4c(nc5ccccc35)CCCC4)cc2OCc2nc(C)c(C)nc2C)nc1C. The highest BCUT2D eigenvalue weighted by Crippen LogP contribution is 2.34. The molecule has 10 heteroatoms. The van der Waals surface area contributed by atoms with Gasteiger partial charge in [-0.3, -0.25) is 29.7 Å². The Hall–Kier alpha value is -5.38. The second-order valence-corrected chi connectivity index (χ2v) is 14.2. The summed E-state index contributed by atoms with van der Waals surface area (Å²) in [6.45, 7) is 13.7. The van der Waals surface area contributed by atoms with E-state index in [2.05, 4.69) is 49.9 Å². The Morgan fingerprint density at radius 2 is 1.31 bits per heavy atom. The van der Waals surface area contributed by atoms with Crippen molar-refractivity contribution < 1.29 is 14.3 Å². The molecule has 1 amide bonds. The first-order valence-corrected chi connectivity index (χ1v) is 19.3. The van der Waals surface area contributed by atoms with Crippen LogP contribution in [0.5, 0.6) is 11.5 Å². The number of benzene rings is 2. The van der Waals surface area contributed by atoms with Gasteiger partial charge in [0.25, 0.3) is 0 Å². The molecular formula is C44H53N7O3. The molecule has 2 aromatic carbocycles. The van der Waals surface area contributed by atoms with Gasteiger partial charge in [0.1, 0.15) is 13.2 Å². The van der Waals surface area contributed by atoms with Gasteiger partial charge in [-0.1, -0.05) is 37.1 Å². The maximum atomic E-state index is 12.7. The number of aromatic nitrogens is 5. The highest BCUT2D eigenvalue weighted by atomic mass is 16.5. The molecule has 0 bridgehead atoms. The lowest BCUT2D eigenvalue weighted by atomic mass is 9.92. The molecule has 3 aromatic heterocycles. The van der Waals surface area contributed by atoms with E-state index in [1.54, 1.807) is 12.2 Å². The number of fused-ring (bicyclic) bond motifs is 2. The summed E-state index contributed by atoms with van der Waals surface area (Å²) in [6, 6.07) is 14.1. The van der Waals surface area contributed by atoms with E-state index in [0.29, 0.717) is 18.0 Å². The number of rotatable bonds is 16. The first kappa shape index (κ1) is 38.3. The van der Waals surface area contributed by atoms with Crippen molar-refractivity contribution in [3.05, 3.63) is 111 Å². The normalized spacial score (nSPS) is 12.6. The summed E-state index contributed by atoms with van der Waals surface area (Å²) >= 11 is 0. The Morgan fingerprint density at radius 1 is 0.685 bits per heavy atom. The third kappa shape index (κ3) is 9.78. The van der Waals surface area contributed by atoms with Gasteiger partial charge in [0.2, 0.25) is 5.91 Å². The first-order valence-electron chi connectivity index (χ1n) is 19.3. The van der Waals surface area contributed by atoms with Crippen molar-refractivity contribution in [1.82, 2.24) is 30.2 Å². The van der Waals surface area contributed by atoms with Crippen molar-refractivity contribution in [2.75, 3.05) is 18.4 Å². The van der Waals surface area contributed by atoms with Crippen molar-refractivity contribution in [2.45, 2.75) is 106 Å². The highest BCUT2D eigenvalue weighted by Gasteiger charge is 2.18. The largest absolute Gasteiger partial charge is 0.483 e. The zero-order chi connectivity index (χ0) is 38.0. The van der Waals surface area contributed by atoms with Crippen molar-refractivity contribution in [1.29, 1.82) is 0 Å². The Balaban J connectivity index is 0.996. The van der Waals surface area contributed by atoms with Crippen molar-refractivity contribution >= 4 is 28.6 Å². The Labute approximate surface area is 319 Å². The van der Waals surface area contributed by atoms with E-state index in [0.717, 1.165) is 102 Å². The van der Waals surface area contributed by atoms with E-state index in [1.165, 1.54) is 35.2 Å². The van der Waals surface area contributed by atoms with E-state index < -0.39 is 0 Å². The number of carbonyl (C=O) groups excluding carboxylic acids is 1. The van der Waals surface area contributed by atoms with Crippen LogP contribution < -0.4 is 20.1 Å². The number of nitrogens with one attached hydrogen (secondary N) is 2. The number of anilines is 1. The van der Waals surface area contributed by atoms with Crippen LogP contribution in [0.4, 0.5) is 5.69 Å². The molecule has 6 rings (SSSR count). The third-order valence-corrected chi connectivity index (χ3v) is 10.2. The van der Waals surface area contributed by atoms with Gasteiger partial charge in [0.15, 0.2) is 11.5 Å². The molecule has 0 spiro atoms. The summed E-state index contributed by atoms with van der Waals surface area (Å²) in [5.41, 5.74) is 12.6. The zero-order valence-electron chi connectivity index (χ0n) is 32.6. The van der Waals surface area contributed by atoms with Crippen LogP contribution in [0.15, 0.2) is 48.5 Å². The smallest absolute Gasteiger partial charge is 0.243 e. The standard InChI is InChI=1S/C44H53N7O3/c1-28-30(3)49-39(32(5)47-28)26-53-41-21-19-34(25-42(41)54-27-40-33(6)48-29(2)31(4)50-40)20-22-43(52)45-23-13-7-8-14-24-46-44-35-15-9-11-17-37(35)51-38-18-12-10-16-36(38)44/h9,11,15,17,19-22,25H,7-8,10,12-14,16,18,23-24,26-27H2,1-6H3,(H,45,52)(H,46,51)/b22-20+. The molecule has 0 fully saturated rings. The molecule has 3 heterocycles. The van der Waals surface area contributed by atoms with Crippen molar-refractivity contribution in [3.8, 4) is 11.5 Å². The van der Waals surface area contributed by atoms with Crippen LogP contribution in [0, 0.1) is 41.5 Å². The van der Waals surface area contributed by atoms with Crippen LogP contribution in [0.1, 0.15) is 101 Å². The van der Waals surface area contributed by atoms with Crippen LogP contribution in [0.2, 0.25) is 0 Å². The molecule has 0 unspecified atom stereocenters. The molecule has 282 valence electrons.